The summed E-state index contributed by atoms with van der Waals surface area (Å²) in [6.07, 6.45) is 0. The van der Waals surface area contributed by atoms with Crippen LogP contribution in [0.4, 0.5) is 10.3 Å². The first-order valence-electron chi connectivity index (χ1n) is 4.81. The predicted molar refractivity (Wildman–Crippen MR) is 62.2 cm³/mol. The molecule has 0 fully saturated rings. The summed E-state index contributed by atoms with van der Waals surface area (Å²) in [6, 6.07) is 7.74. The molecule has 6 heteroatoms. The Morgan fingerprint density at radius 3 is 2.76 bits per heavy atom. The average Bonchev–Trinajstić information content (AvgIpc) is 2.27. The molecular formula is C11H9ClFN3O. The number of benzene rings is 1. The third-order valence-electron chi connectivity index (χ3n) is 2.02. The first-order chi connectivity index (χ1) is 8.15. The lowest BCUT2D eigenvalue weighted by molar-refractivity contribution is 0.288. The summed E-state index contributed by atoms with van der Waals surface area (Å²) in [6.45, 7) is 0.0550. The number of ether oxygens (including phenoxy) is 1. The summed E-state index contributed by atoms with van der Waals surface area (Å²) in [5.41, 5.74) is 5.83. The van der Waals surface area contributed by atoms with Gasteiger partial charge in [-0.05, 0) is 6.07 Å². The van der Waals surface area contributed by atoms with Crippen molar-refractivity contribution in [3.8, 4) is 5.88 Å². The molecule has 0 spiro atoms. The van der Waals surface area contributed by atoms with Crippen molar-refractivity contribution in [1.29, 1.82) is 0 Å². The van der Waals surface area contributed by atoms with E-state index in [0.29, 0.717) is 5.56 Å². The van der Waals surface area contributed by atoms with Gasteiger partial charge in [0.1, 0.15) is 17.6 Å². The van der Waals surface area contributed by atoms with Crippen LogP contribution in [0.15, 0.2) is 30.3 Å². The van der Waals surface area contributed by atoms with Crippen molar-refractivity contribution in [2.45, 2.75) is 6.61 Å². The molecule has 88 valence electrons. The fraction of sp³-hybridized carbons (Fsp3) is 0.0909. The fourth-order valence-electron chi connectivity index (χ4n) is 1.25. The highest BCUT2D eigenvalue weighted by molar-refractivity contribution is 6.29. The molecule has 4 nitrogen and oxygen atoms in total. The second-order valence-electron chi connectivity index (χ2n) is 3.27. The maximum Gasteiger partial charge on any atom is 0.224 e. The molecule has 17 heavy (non-hydrogen) atoms. The van der Waals surface area contributed by atoms with Crippen LogP contribution < -0.4 is 10.5 Å². The quantitative estimate of drug-likeness (QED) is 0.854. The van der Waals surface area contributed by atoms with Gasteiger partial charge in [0.05, 0.1) is 0 Å². The van der Waals surface area contributed by atoms with Gasteiger partial charge in [0.25, 0.3) is 0 Å². The van der Waals surface area contributed by atoms with Crippen LogP contribution in [-0.2, 0) is 6.61 Å². The molecule has 0 amide bonds. The molecule has 0 aliphatic heterocycles. The van der Waals surface area contributed by atoms with Crippen molar-refractivity contribution >= 4 is 17.5 Å². The van der Waals surface area contributed by atoms with E-state index in [0.717, 1.165) is 0 Å². The zero-order chi connectivity index (χ0) is 12.3. The number of anilines is 1. The molecule has 0 saturated carbocycles. The Morgan fingerprint density at radius 2 is 2.06 bits per heavy atom. The Balaban J connectivity index is 2.10. The van der Waals surface area contributed by atoms with Crippen LogP contribution in [0.5, 0.6) is 5.88 Å². The molecule has 0 unspecified atom stereocenters. The number of nitrogens with two attached hydrogens (primary N) is 1. The second kappa shape index (κ2) is 4.97. The van der Waals surface area contributed by atoms with Gasteiger partial charge >= 0.3 is 0 Å². The number of hydrogen-bond acceptors (Lipinski definition) is 4. The van der Waals surface area contributed by atoms with Crippen LogP contribution in [0.25, 0.3) is 0 Å². The molecule has 2 N–H and O–H groups in total. The van der Waals surface area contributed by atoms with Crippen molar-refractivity contribution < 1.29 is 9.13 Å². The Kier molecular flexibility index (Phi) is 3.39. The van der Waals surface area contributed by atoms with Crippen LogP contribution in [0.3, 0.4) is 0 Å². The minimum absolute atomic E-state index is 0.0148. The summed E-state index contributed by atoms with van der Waals surface area (Å²) in [7, 11) is 0. The zero-order valence-corrected chi connectivity index (χ0v) is 9.49. The number of hydrogen-bond donors (Lipinski definition) is 1. The highest BCUT2D eigenvalue weighted by atomic mass is 35.5. The molecule has 1 aromatic carbocycles. The van der Waals surface area contributed by atoms with Gasteiger partial charge in [-0.15, -0.1) is 0 Å². The molecule has 0 bridgehead atoms. The van der Waals surface area contributed by atoms with Crippen LogP contribution in [0.2, 0.25) is 5.15 Å². The predicted octanol–water partition coefficient (Wildman–Crippen LogP) is 2.43. The summed E-state index contributed by atoms with van der Waals surface area (Å²) in [5.74, 6) is -0.104. The number of halogens is 2. The molecule has 1 aromatic heterocycles. The van der Waals surface area contributed by atoms with E-state index in [4.69, 9.17) is 22.1 Å². The second-order valence-corrected chi connectivity index (χ2v) is 3.65. The summed E-state index contributed by atoms with van der Waals surface area (Å²) in [4.78, 5) is 7.50. The Bertz CT molecular complexity index is 516. The van der Waals surface area contributed by atoms with Gasteiger partial charge in [0.15, 0.2) is 0 Å². The first-order valence-corrected chi connectivity index (χ1v) is 5.19. The van der Waals surface area contributed by atoms with Crippen molar-refractivity contribution in [2.24, 2.45) is 0 Å². The number of aromatic nitrogens is 2. The third kappa shape index (κ3) is 3.04. The maximum atomic E-state index is 13.3. The highest BCUT2D eigenvalue weighted by Crippen LogP contribution is 2.16. The Hall–Kier alpha value is -1.88. The van der Waals surface area contributed by atoms with E-state index in [9.17, 15) is 4.39 Å². The minimum Gasteiger partial charge on any atom is -0.473 e. The van der Waals surface area contributed by atoms with E-state index in [1.54, 1.807) is 18.2 Å². The lowest BCUT2D eigenvalue weighted by Crippen LogP contribution is -2.02. The number of nitrogens with zero attached hydrogens (tertiary/aromatic N) is 2. The average molecular weight is 254 g/mol. The van der Waals surface area contributed by atoms with Crippen LogP contribution in [0, 0.1) is 5.82 Å². The van der Waals surface area contributed by atoms with Gasteiger partial charge in [-0.25, -0.2) is 9.37 Å². The Morgan fingerprint density at radius 1 is 1.29 bits per heavy atom. The maximum absolute atomic E-state index is 13.3. The molecule has 1 heterocycles. The molecule has 0 atom stereocenters. The lowest BCUT2D eigenvalue weighted by atomic mass is 10.2. The third-order valence-corrected chi connectivity index (χ3v) is 2.22. The van der Waals surface area contributed by atoms with Crippen molar-refractivity contribution in [3.05, 3.63) is 46.9 Å². The van der Waals surface area contributed by atoms with Gasteiger partial charge < -0.3 is 10.5 Å². The fourth-order valence-corrected chi connectivity index (χ4v) is 1.43. The van der Waals surface area contributed by atoms with E-state index in [-0.39, 0.29) is 29.4 Å². The summed E-state index contributed by atoms with van der Waals surface area (Å²) in [5, 5.41) is 0.182. The SMILES string of the molecule is Nc1nc(Cl)cc(OCc2ccccc2F)n1. The Labute approximate surface area is 102 Å². The molecule has 0 aliphatic carbocycles. The van der Waals surface area contributed by atoms with Crippen molar-refractivity contribution in [1.82, 2.24) is 9.97 Å². The molecule has 0 aliphatic rings. The van der Waals surface area contributed by atoms with Crippen LogP contribution >= 0.6 is 11.6 Å². The van der Waals surface area contributed by atoms with Crippen molar-refractivity contribution in [3.63, 3.8) is 0 Å². The van der Waals surface area contributed by atoms with E-state index >= 15 is 0 Å². The monoisotopic (exact) mass is 253 g/mol. The highest BCUT2D eigenvalue weighted by Gasteiger charge is 2.04. The molecule has 2 aromatic rings. The van der Waals surface area contributed by atoms with Crippen LogP contribution in [-0.4, -0.2) is 9.97 Å². The van der Waals surface area contributed by atoms with Gasteiger partial charge in [0, 0.05) is 11.6 Å². The van der Waals surface area contributed by atoms with Gasteiger partial charge in [0.2, 0.25) is 11.8 Å². The van der Waals surface area contributed by atoms with E-state index in [1.807, 2.05) is 0 Å². The van der Waals surface area contributed by atoms with E-state index in [1.165, 1.54) is 12.1 Å². The van der Waals surface area contributed by atoms with Gasteiger partial charge in [-0.2, -0.15) is 4.98 Å². The van der Waals surface area contributed by atoms with E-state index in [2.05, 4.69) is 9.97 Å². The van der Waals surface area contributed by atoms with Crippen molar-refractivity contribution in [2.75, 3.05) is 5.73 Å². The normalized spacial score (nSPS) is 10.2. The molecular weight excluding hydrogens is 245 g/mol. The summed E-state index contributed by atoms with van der Waals surface area (Å²) >= 11 is 5.68. The zero-order valence-electron chi connectivity index (χ0n) is 8.73. The standard InChI is InChI=1S/C11H9ClFN3O/c12-9-5-10(16-11(14)15-9)17-6-7-3-1-2-4-8(7)13/h1-5H,6H2,(H2,14,15,16). The van der Waals surface area contributed by atoms with Gasteiger partial charge in [-0.3, -0.25) is 0 Å². The van der Waals surface area contributed by atoms with Gasteiger partial charge in [-0.1, -0.05) is 29.8 Å². The van der Waals surface area contributed by atoms with Crippen LogP contribution in [0.1, 0.15) is 5.56 Å². The molecule has 2 rings (SSSR count). The first kappa shape index (κ1) is 11.6. The number of rotatable bonds is 3. The lowest BCUT2D eigenvalue weighted by Gasteiger charge is -2.06. The minimum atomic E-state index is -0.333. The smallest absolute Gasteiger partial charge is 0.224 e. The topological polar surface area (TPSA) is 61.0 Å². The molecule has 0 saturated heterocycles. The van der Waals surface area contributed by atoms with E-state index < -0.39 is 0 Å². The molecule has 0 radical (unpaired) electrons. The largest absolute Gasteiger partial charge is 0.473 e. The summed E-state index contributed by atoms with van der Waals surface area (Å²) < 4.78 is 18.6. The number of nitrogen functional groups attached to an aromatic ring is 1.